The summed E-state index contributed by atoms with van der Waals surface area (Å²) < 4.78 is 7.45. The average molecular weight is 522 g/mol. The standard InChI is InChI=1S/C32H41BrO/c1-2-3-4-5-6-7-8-9-10-11-12-15-22-28-25-26-30(34-29-23-18-14-19-24-29)31(32(28)33)27-20-16-13-17-21-27/h13-14,16-21,23-26H,2-12,15,22H2,1H3. The lowest BCUT2D eigenvalue weighted by Gasteiger charge is -2.16. The third-order valence-electron chi connectivity index (χ3n) is 6.52. The smallest absolute Gasteiger partial charge is 0.136 e. The van der Waals surface area contributed by atoms with E-state index in [-0.39, 0.29) is 0 Å². The molecule has 182 valence electrons. The monoisotopic (exact) mass is 520 g/mol. The number of benzene rings is 3. The molecule has 0 unspecified atom stereocenters. The van der Waals surface area contributed by atoms with Crippen LogP contribution in [0.5, 0.6) is 11.5 Å². The molecule has 0 atom stereocenters. The van der Waals surface area contributed by atoms with Crippen LogP contribution < -0.4 is 4.74 Å². The Balaban J connectivity index is 1.49. The Kier molecular flexibility index (Phi) is 12.3. The summed E-state index contributed by atoms with van der Waals surface area (Å²) in [5, 5.41) is 0. The maximum Gasteiger partial charge on any atom is 0.136 e. The van der Waals surface area contributed by atoms with Gasteiger partial charge in [0.2, 0.25) is 0 Å². The maximum absolute atomic E-state index is 6.29. The van der Waals surface area contributed by atoms with Crippen molar-refractivity contribution >= 4 is 15.9 Å². The Morgan fingerprint density at radius 3 is 1.71 bits per heavy atom. The zero-order chi connectivity index (χ0) is 23.8. The van der Waals surface area contributed by atoms with Gasteiger partial charge in [0.05, 0.1) is 0 Å². The summed E-state index contributed by atoms with van der Waals surface area (Å²) in [5.74, 6) is 1.75. The molecule has 0 bridgehead atoms. The highest BCUT2D eigenvalue weighted by atomic mass is 79.9. The number of ether oxygens (including phenoxy) is 1. The molecular formula is C32H41BrO. The van der Waals surface area contributed by atoms with Gasteiger partial charge >= 0.3 is 0 Å². The largest absolute Gasteiger partial charge is 0.457 e. The lowest BCUT2D eigenvalue weighted by molar-refractivity contribution is 0.484. The van der Waals surface area contributed by atoms with Crippen molar-refractivity contribution in [1.29, 1.82) is 0 Å². The Bertz CT molecular complexity index is 936. The zero-order valence-electron chi connectivity index (χ0n) is 20.9. The second-order valence-electron chi connectivity index (χ2n) is 9.33. The van der Waals surface area contributed by atoms with E-state index in [1.165, 1.54) is 88.2 Å². The molecule has 0 heterocycles. The van der Waals surface area contributed by atoms with Crippen molar-refractivity contribution in [1.82, 2.24) is 0 Å². The van der Waals surface area contributed by atoms with Crippen molar-refractivity contribution < 1.29 is 4.74 Å². The molecule has 2 heteroatoms. The highest BCUT2D eigenvalue weighted by Gasteiger charge is 2.15. The molecule has 0 radical (unpaired) electrons. The van der Waals surface area contributed by atoms with Crippen LogP contribution in [-0.4, -0.2) is 0 Å². The van der Waals surface area contributed by atoms with Gasteiger partial charge in [-0.15, -0.1) is 0 Å². The van der Waals surface area contributed by atoms with E-state index in [1.807, 2.05) is 30.3 Å². The summed E-state index contributed by atoms with van der Waals surface area (Å²) in [6.45, 7) is 2.29. The van der Waals surface area contributed by atoms with Crippen LogP contribution in [-0.2, 0) is 6.42 Å². The van der Waals surface area contributed by atoms with Crippen molar-refractivity contribution in [2.75, 3.05) is 0 Å². The van der Waals surface area contributed by atoms with Crippen LogP contribution in [0, 0.1) is 0 Å². The van der Waals surface area contributed by atoms with Crippen molar-refractivity contribution in [3.63, 3.8) is 0 Å². The fourth-order valence-electron chi connectivity index (χ4n) is 4.53. The summed E-state index contributed by atoms with van der Waals surface area (Å²) in [6.07, 6.45) is 17.7. The number of unbranched alkanes of at least 4 members (excludes halogenated alkanes) is 11. The zero-order valence-corrected chi connectivity index (χ0v) is 22.5. The SMILES string of the molecule is CCCCCCCCCCCCCCc1ccc(Oc2ccccc2)c(-c2ccccc2)c1Br. The van der Waals surface area contributed by atoms with Gasteiger partial charge in [0, 0.05) is 10.0 Å². The van der Waals surface area contributed by atoms with E-state index in [2.05, 4.69) is 65.3 Å². The van der Waals surface area contributed by atoms with E-state index >= 15 is 0 Å². The minimum Gasteiger partial charge on any atom is -0.457 e. The Labute approximate surface area is 216 Å². The maximum atomic E-state index is 6.29. The van der Waals surface area contributed by atoms with Crippen LogP contribution in [0.2, 0.25) is 0 Å². The number of hydrogen-bond acceptors (Lipinski definition) is 1. The van der Waals surface area contributed by atoms with Gasteiger partial charge in [-0.25, -0.2) is 0 Å². The number of hydrogen-bond donors (Lipinski definition) is 0. The molecule has 0 aliphatic rings. The molecule has 3 aromatic carbocycles. The lowest BCUT2D eigenvalue weighted by atomic mass is 9.98. The summed E-state index contributed by atoms with van der Waals surface area (Å²) in [5.41, 5.74) is 3.68. The molecule has 0 N–H and O–H groups in total. The first-order chi connectivity index (χ1) is 16.8. The van der Waals surface area contributed by atoms with E-state index in [1.54, 1.807) is 0 Å². The van der Waals surface area contributed by atoms with Gasteiger partial charge in [-0.1, -0.05) is 132 Å². The van der Waals surface area contributed by atoms with E-state index in [0.717, 1.165) is 28.0 Å². The van der Waals surface area contributed by atoms with Crippen LogP contribution in [0.15, 0.2) is 77.3 Å². The van der Waals surface area contributed by atoms with Gasteiger partial charge in [0.15, 0.2) is 0 Å². The highest BCUT2D eigenvalue weighted by molar-refractivity contribution is 9.10. The Morgan fingerprint density at radius 1 is 0.588 bits per heavy atom. The van der Waals surface area contributed by atoms with Gasteiger partial charge < -0.3 is 4.74 Å². The lowest BCUT2D eigenvalue weighted by Crippen LogP contribution is -1.95. The number of para-hydroxylation sites is 1. The third kappa shape index (κ3) is 8.95. The van der Waals surface area contributed by atoms with Gasteiger partial charge in [0.25, 0.3) is 0 Å². The number of rotatable bonds is 16. The molecule has 0 spiro atoms. The molecular weight excluding hydrogens is 480 g/mol. The highest BCUT2D eigenvalue weighted by Crippen LogP contribution is 2.41. The topological polar surface area (TPSA) is 9.23 Å². The average Bonchev–Trinajstić information content (AvgIpc) is 2.87. The molecule has 3 aromatic rings. The summed E-state index contributed by atoms with van der Waals surface area (Å²) >= 11 is 3.94. The van der Waals surface area contributed by atoms with Gasteiger partial charge in [-0.2, -0.15) is 0 Å². The first kappa shape index (κ1) is 26.5. The van der Waals surface area contributed by atoms with Crippen LogP contribution in [0.25, 0.3) is 11.1 Å². The molecule has 1 nitrogen and oxygen atoms in total. The Morgan fingerprint density at radius 2 is 1.12 bits per heavy atom. The molecule has 0 saturated heterocycles. The summed E-state index contributed by atoms with van der Waals surface area (Å²) in [4.78, 5) is 0. The molecule has 0 aromatic heterocycles. The summed E-state index contributed by atoms with van der Waals surface area (Å²) in [7, 11) is 0. The fourth-order valence-corrected chi connectivity index (χ4v) is 5.28. The van der Waals surface area contributed by atoms with Gasteiger partial charge in [-0.05, 0) is 58.1 Å². The second-order valence-corrected chi connectivity index (χ2v) is 10.1. The van der Waals surface area contributed by atoms with Crippen molar-refractivity contribution in [3.05, 3.63) is 82.8 Å². The number of halogens is 1. The third-order valence-corrected chi connectivity index (χ3v) is 7.42. The molecule has 0 amide bonds. The summed E-state index contributed by atoms with van der Waals surface area (Å²) in [6, 6.07) is 25.0. The van der Waals surface area contributed by atoms with Crippen LogP contribution in [0.3, 0.4) is 0 Å². The molecule has 0 fully saturated rings. The Hall–Kier alpha value is -2.06. The van der Waals surface area contributed by atoms with Crippen LogP contribution >= 0.6 is 15.9 Å². The van der Waals surface area contributed by atoms with Gasteiger partial charge in [-0.3, -0.25) is 0 Å². The van der Waals surface area contributed by atoms with E-state index in [9.17, 15) is 0 Å². The van der Waals surface area contributed by atoms with Crippen molar-refractivity contribution in [3.8, 4) is 22.6 Å². The quantitative estimate of drug-likeness (QED) is 0.170. The van der Waals surface area contributed by atoms with E-state index < -0.39 is 0 Å². The van der Waals surface area contributed by atoms with Crippen molar-refractivity contribution in [2.24, 2.45) is 0 Å². The molecule has 0 saturated carbocycles. The first-order valence-corrected chi connectivity index (χ1v) is 14.2. The van der Waals surface area contributed by atoms with E-state index in [0.29, 0.717) is 0 Å². The predicted octanol–water partition coefficient (Wildman–Crippen LogP) is 11.2. The molecule has 0 aliphatic heterocycles. The predicted molar refractivity (Wildman–Crippen MR) is 151 cm³/mol. The van der Waals surface area contributed by atoms with Gasteiger partial charge in [0.1, 0.15) is 11.5 Å². The first-order valence-electron chi connectivity index (χ1n) is 13.4. The minimum atomic E-state index is 0.861. The molecule has 3 rings (SSSR count). The minimum absolute atomic E-state index is 0.861. The number of aryl methyl sites for hydroxylation is 1. The second kappa shape index (κ2) is 15.8. The van der Waals surface area contributed by atoms with Crippen molar-refractivity contribution in [2.45, 2.75) is 90.4 Å². The van der Waals surface area contributed by atoms with Crippen LogP contribution in [0.1, 0.15) is 89.5 Å². The fraction of sp³-hybridized carbons (Fsp3) is 0.438. The normalized spacial score (nSPS) is 11.0. The van der Waals surface area contributed by atoms with Crippen LogP contribution in [0.4, 0.5) is 0 Å². The molecule has 34 heavy (non-hydrogen) atoms. The molecule has 0 aliphatic carbocycles. The van der Waals surface area contributed by atoms with E-state index in [4.69, 9.17) is 4.74 Å².